The molecular weight excluding hydrogens is 344 g/mol. The summed E-state index contributed by atoms with van der Waals surface area (Å²) in [7, 11) is 1.93. The maximum absolute atomic E-state index is 13.0. The molecule has 2 amide bonds. The first-order valence-corrected chi connectivity index (χ1v) is 9.42. The lowest BCUT2D eigenvalue weighted by atomic mass is 9.95. The summed E-state index contributed by atoms with van der Waals surface area (Å²) in [4.78, 5) is 33.3. The first-order valence-electron chi connectivity index (χ1n) is 9.42. The minimum Gasteiger partial charge on any atom is -0.342 e. The Kier molecular flexibility index (Phi) is 4.87. The third kappa shape index (κ3) is 3.70. The summed E-state index contributed by atoms with van der Waals surface area (Å²) >= 11 is 0. The molecule has 2 unspecified atom stereocenters. The minimum atomic E-state index is -0.264. The van der Waals surface area contributed by atoms with E-state index in [1.54, 1.807) is 17.4 Å². The summed E-state index contributed by atoms with van der Waals surface area (Å²) in [5.74, 6) is 0.975. The van der Waals surface area contributed by atoms with Crippen molar-refractivity contribution in [1.82, 2.24) is 29.5 Å². The van der Waals surface area contributed by atoms with Crippen molar-refractivity contribution in [3.63, 3.8) is 0 Å². The zero-order valence-corrected chi connectivity index (χ0v) is 15.5. The van der Waals surface area contributed by atoms with Gasteiger partial charge in [-0.1, -0.05) is 6.07 Å². The van der Waals surface area contributed by atoms with E-state index >= 15 is 0 Å². The van der Waals surface area contributed by atoms with Crippen LogP contribution in [0.15, 0.2) is 30.7 Å². The molecule has 0 aromatic carbocycles. The van der Waals surface area contributed by atoms with Gasteiger partial charge in [0.1, 0.15) is 12.2 Å². The number of amides is 2. The van der Waals surface area contributed by atoms with Gasteiger partial charge in [-0.25, -0.2) is 0 Å². The summed E-state index contributed by atoms with van der Waals surface area (Å²) in [6.07, 6.45) is 5.66. The standard InChI is InChI=1S/C19H24N6O2/c1-23-13-21-22-18(23)14-5-4-8-24(10-14)19(27)15-9-17(26)25(11-15)12-16-6-2-3-7-20-16/h2-3,6-7,13-15H,4-5,8-12H2,1H3. The van der Waals surface area contributed by atoms with Gasteiger partial charge in [0, 0.05) is 45.2 Å². The van der Waals surface area contributed by atoms with E-state index in [4.69, 9.17) is 0 Å². The summed E-state index contributed by atoms with van der Waals surface area (Å²) in [6, 6.07) is 5.66. The van der Waals surface area contributed by atoms with Crippen LogP contribution in [0.2, 0.25) is 0 Å². The number of nitrogens with zero attached hydrogens (tertiary/aromatic N) is 6. The third-order valence-electron chi connectivity index (χ3n) is 5.49. The molecule has 0 N–H and O–H groups in total. The lowest BCUT2D eigenvalue weighted by Gasteiger charge is -2.33. The second-order valence-electron chi connectivity index (χ2n) is 7.42. The molecule has 4 heterocycles. The van der Waals surface area contributed by atoms with Crippen LogP contribution in [-0.2, 0) is 23.2 Å². The normalized spacial score (nSPS) is 23.1. The lowest BCUT2D eigenvalue weighted by Crippen LogP contribution is -2.43. The van der Waals surface area contributed by atoms with Crippen LogP contribution in [0.3, 0.4) is 0 Å². The molecular formula is C19H24N6O2. The molecule has 2 saturated heterocycles. The third-order valence-corrected chi connectivity index (χ3v) is 5.49. The second-order valence-corrected chi connectivity index (χ2v) is 7.42. The number of rotatable bonds is 4. The molecule has 0 aliphatic carbocycles. The van der Waals surface area contributed by atoms with Gasteiger partial charge in [0.2, 0.25) is 11.8 Å². The molecule has 0 radical (unpaired) electrons. The van der Waals surface area contributed by atoms with Crippen LogP contribution in [0.1, 0.15) is 36.7 Å². The van der Waals surface area contributed by atoms with Crippen LogP contribution in [0.5, 0.6) is 0 Å². The number of aromatic nitrogens is 4. The van der Waals surface area contributed by atoms with Crippen molar-refractivity contribution in [2.24, 2.45) is 13.0 Å². The molecule has 2 aromatic heterocycles. The molecule has 0 saturated carbocycles. The van der Waals surface area contributed by atoms with E-state index in [0.717, 1.165) is 30.9 Å². The molecule has 2 aliphatic rings. The minimum absolute atomic E-state index is 0.0286. The number of hydrogen-bond acceptors (Lipinski definition) is 5. The summed E-state index contributed by atoms with van der Waals surface area (Å²) in [5, 5.41) is 8.16. The number of likely N-dealkylation sites (tertiary alicyclic amines) is 2. The van der Waals surface area contributed by atoms with Crippen molar-refractivity contribution in [3.05, 3.63) is 42.2 Å². The number of aryl methyl sites for hydroxylation is 1. The van der Waals surface area contributed by atoms with Gasteiger partial charge in [-0.15, -0.1) is 10.2 Å². The highest BCUT2D eigenvalue weighted by molar-refractivity contribution is 5.89. The Labute approximate surface area is 158 Å². The molecule has 8 heteroatoms. The van der Waals surface area contributed by atoms with Crippen molar-refractivity contribution in [2.45, 2.75) is 31.7 Å². The van der Waals surface area contributed by atoms with Gasteiger partial charge in [-0.3, -0.25) is 14.6 Å². The molecule has 2 atom stereocenters. The van der Waals surface area contributed by atoms with E-state index < -0.39 is 0 Å². The Balaban J connectivity index is 1.39. The van der Waals surface area contributed by atoms with E-state index in [1.807, 2.05) is 34.7 Å². The van der Waals surface area contributed by atoms with Crippen LogP contribution in [0.25, 0.3) is 0 Å². The van der Waals surface area contributed by atoms with Gasteiger partial charge in [-0.05, 0) is 25.0 Å². The maximum Gasteiger partial charge on any atom is 0.228 e. The van der Waals surface area contributed by atoms with Crippen LogP contribution < -0.4 is 0 Å². The molecule has 2 aromatic rings. The first kappa shape index (κ1) is 17.6. The van der Waals surface area contributed by atoms with E-state index in [1.165, 1.54) is 0 Å². The summed E-state index contributed by atoms with van der Waals surface area (Å²) in [6.45, 7) is 2.33. The summed E-state index contributed by atoms with van der Waals surface area (Å²) in [5.41, 5.74) is 0.847. The highest BCUT2D eigenvalue weighted by atomic mass is 16.2. The number of piperidine rings is 1. The first-order chi connectivity index (χ1) is 13.1. The van der Waals surface area contributed by atoms with Gasteiger partial charge < -0.3 is 14.4 Å². The fourth-order valence-corrected chi connectivity index (χ4v) is 4.09. The molecule has 27 heavy (non-hydrogen) atoms. The van der Waals surface area contributed by atoms with Gasteiger partial charge in [0.15, 0.2) is 0 Å². The quantitative estimate of drug-likeness (QED) is 0.803. The number of carbonyl (C=O) groups excluding carboxylic acids is 2. The Hall–Kier alpha value is -2.77. The fourth-order valence-electron chi connectivity index (χ4n) is 4.09. The SMILES string of the molecule is Cn1cnnc1C1CCCN(C(=O)C2CC(=O)N(Cc3ccccn3)C2)C1. The van der Waals surface area contributed by atoms with E-state index in [2.05, 4.69) is 15.2 Å². The lowest BCUT2D eigenvalue weighted by molar-refractivity contribution is -0.137. The fraction of sp³-hybridized carbons (Fsp3) is 0.526. The topological polar surface area (TPSA) is 84.2 Å². The van der Waals surface area contributed by atoms with E-state index in [9.17, 15) is 9.59 Å². The Bertz CT molecular complexity index is 821. The molecule has 4 rings (SSSR count). The van der Waals surface area contributed by atoms with Crippen molar-refractivity contribution in [2.75, 3.05) is 19.6 Å². The van der Waals surface area contributed by atoms with Gasteiger partial charge in [0.25, 0.3) is 0 Å². The summed E-state index contributed by atoms with van der Waals surface area (Å²) < 4.78 is 1.92. The molecule has 0 spiro atoms. The smallest absolute Gasteiger partial charge is 0.228 e. The van der Waals surface area contributed by atoms with Crippen molar-refractivity contribution in [1.29, 1.82) is 0 Å². The Morgan fingerprint density at radius 2 is 2.19 bits per heavy atom. The van der Waals surface area contributed by atoms with Crippen molar-refractivity contribution >= 4 is 11.8 Å². The Morgan fingerprint density at radius 1 is 1.30 bits per heavy atom. The van der Waals surface area contributed by atoms with E-state index in [0.29, 0.717) is 19.6 Å². The largest absolute Gasteiger partial charge is 0.342 e. The molecule has 0 bridgehead atoms. The van der Waals surface area contributed by atoms with Gasteiger partial charge in [-0.2, -0.15) is 0 Å². The monoisotopic (exact) mass is 368 g/mol. The average Bonchev–Trinajstić information content (AvgIpc) is 3.28. The highest BCUT2D eigenvalue weighted by Crippen LogP contribution is 2.28. The van der Waals surface area contributed by atoms with Crippen LogP contribution in [0, 0.1) is 5.92 Å². The molecule has 142 valence electrons. The van der Waals surface area contributed by atoms with Crippen molar-refractivity contribution < 1.29 is 9.59 Å². The zero-order valence-electron chi connectivity index (χ0n) is 15.5. The van der Waals surface area contributed by atoms with Crippen molar-refractivity contribution in [3.8, 4) is 0 Å². The van der Waals surface area contributed by atoms with E-state index in [-0.39, 0.29) is 30.1 Å². The predicted molar refractivity (Wildman–Crippen MR) is 97.3 cm³/mol. The second kappa shape index (κ2) is 7.46. The number of carbonyl (C=O) groups is 2. The van der Waals surface area contributed by atoms with Crippen LogP contribution in [0.4, 0.5) is 0 Å². The molecule has 2 aliphatic heterocycles. The maximum atomic E-state index is 13.0. The van der Waals surface area contributed by atoms with Crippen LogP contribution in [-0.4, -0.2) is 61.0 Å². The zero-order chi connectivity index (χ0) is 18.8. The van der Waals surface area contributed by atoms with Gasteiger partial charge in [0.05, 0.1) is 18.2 Å². The molecule has 8 nitrogen and oxygen atoms in total. The number of hydrogen-bond donors (Lipinski definition) is 0. The number of pyridine rings is 1. The van der Waals surface area contributed by atoms with Crippen LogP contribution >= 0.6 is 0 Å². The predicted octanol–water partition coefficient (Wildman–Crippen LogP) is 0.965. The average molecular weight is 368 g/mol. The Morgan fingerprint density at radius 3 is 2.93 bits per heavy atom. The molecule has 2 fully saturated rings. The highest BCUT2D eigenvalue weighted by Gasteiger charge is 2.38. The van der Waals surface area contributed by atoms with Gasteiger partial charge >= 0.3 is 0 Å².